The van der Waals surface area contributed by atoms with Gasteiger partial charge in [-0.15, -0.1) is 0 Å². The number of aliphatic hydroxyl groups is 1. The van der Waals surface area contributed by atoms with Crippen LogP contribution in [0.4, 0.5) is 0 Å². The fourth-order valence-corrected chi connectivity index (χ4v) is 4.20. The van der Waals surface area contributed by atoms with E-state index in [2.05, 4.69) is 4.72 Å². The second-order valence-electron chi connectivity index (χ2n) is 5.85. The molecule has 6 heteroatoms. The van der Waals surface area contributed by atoms with E-state index in [9.17, 15) is 13.5 Å². The molecule has 1 saturated carbocycles. The molecular formula is C15H23NO4S. The van der Waals surface area contributed by atoms with Gasteiger partial charge in [0.15, 0.2) is 0 Å². The molecule has 1 aliphatic rings. The standard InChI is InChI=1S/C15H23NO4S/c1-11-8-13(9-12(2)14(11)20-3)21(18,19)16-10-15(17)6-4-5-7-15/h8-9,16-17H,4-7,10H2,1-3H3. The van der Waals surface area contributed by atoms with E-state index in [0.29, 0.717) is 18.6 Å². The van der Waals surface area contributed by atoms with Crippen LogP contribution >= 0.6 is 0 Å². The molecule has 0 unspecified atom stereocenters. The third-order valence-electron chi connectivity index (χ3n) is 4.07. The van der Waals surface area contributed by atoms with Crippen molar-refractivity contribution >= 4 is 10.0 Å². The van der Waals surface area contributed by atoms with Crippen molar-refractivity contribution in [2.45, 2.75) is 50.0 Å². The normalized spacial score (nSPS) is 17.9. The first-order valence-corrected chi connectivity index (χ1v) is 8.63. The highest BCUT2D eigenvalue weighted by atomic mass is 32.2. The maximum absolute atomic E-state index is 12.4. The minimum atomic E-state index is -3.62. The summed E-state index contributed by atoms with van der Waals surface area (Å²) in [4.78, 5) is 0.208. The van der Waals surface area contributed by atoms with Gasteiger partial charge in [-0.2, -0.15) is 0 Å². The zero-order valence-electron chi connectivity index (χ0n) is 12.8. The number of ether oxygens (including phenoxy) is 1. The van der Waals surface area contributed by atoms with E-state index in [1.165, 1.54) is 0 Å². The fraction of sp³-hybridized carbons (Fsp3) is 0.600. The van der Waals surface area contributed by atoms with Crippen molar-refractivity contribution in [3.05, 3.63) is 23.3 Å². The number of hydrogen-bond donors (Lipinski definition) is 2. The second-order valence-corrected chi connectivity index (χ2v) is 7.61. The van der Waals surface area contributed by atoms with Crippen LogP contribution in [-0.4, -0.2) is 32.8 Å². The number of nitrogens with one attached hydrogen (secondary N) is 1. The number of aryl methyl sites for hydroxylation is 2. The first-order chi connectivity index (χ1) is 9.77. The van der Waals surface area contributed by atoms with Gasteiger partial charge in [-0.3, -0.25) is 0 Å². The predicted molar refractivity (Wildman–Crippen MR) is 81.1 cm³/mol. The van der Waals surface area contributed by atoms with Crippen molar-refractivity contribution in [1.29, 1.82) is 0 Å². The van der Waals surface area contributed by atoms with Gasteiger partial charge in [0, 0.05) is 6.54 Å². The van der Waals surface area contributed by atoms with Crippen molar-refractivity contribution in [3.63, 3.8) is 0 Å². The smallest absolute Gasteiger partial charge is 0.240 e. The summed E-state index contributed by atoms with van der Waals surface area (Å²) in [6.07, 6.45) is 3.18. The zero-order valence-corrected chi connectivity index (χ0v) is 13.6. The third kappa shape index (κ3) is 3.56. The summed E-state index contributed by atoms with van der Waals surface area (Å²) in [5, 5.41) is 10.2. The monoisotopic (exact) mass is 313 g/mol. The molecule has 1 aromatic carbocycles. The largest absolute Gasteiger partial charge is 0.496 e. The molecule has 1 fully saturated rings. The molecule has 0 heterocycles. The lowest BCUT2D eigenvalue weighted by atomic mass is 10.0. The van der Waals surface area contributed by atoms with Crippen molar-refractivity contribution < 1.29 is 18.3 Å². The summed E-state index contributed by atoms with van der Waals surface area (Å²) < 4.78 is 32.5. The molecule has 0 atom stereocenters. The minimum Gasteiger partial charge on any atom is -0.496 e. The van der Waals surface area contributed by atoms with Crippen LogP contribution < -0.4 is 9.46 Å². The Morgan fingerprint density at radius 2 is 1.76 bits per heavy atom. The summed E-state index contributed by atoms with van der Waals surface area (Å²) in [5.74, 6) is 0.698. The minimum absolute atomic E-state index is 0.0689. The lowest BCUT2D eigenvalue weighted by Gasteiger charge is -2.22. The van der Waals surface area contributed by atoms with Crippen molar-refractivity contribution in [2.75, 3.05) is 13.7 Å². The summed E-state index contributed by atoms with van der Waals surface area (Å²) in [7, 11) is -2.05. The van der Waals surface area contributed by atoms with Gasteiger partial charge < -0.3 is 9.84 Å². The Morgan fingerprint density at radius 1 is 1.24 bits per heavy atom. The van der Waals surface area contributed by atoms with Crippen LogP contribution in [0.2, 0.25) is 0 Å². The molecule has 0 amide bonds. The number of sulfonamides is 1. The third-order valence-corrected chi connectivity index (χ3v) is 5.45. The maximum atomic E-state index is 12.4. The molecule has 0 saturated heterocycles. The van der Waals surface area contributed by atoms with Crippen molar-refractivity contribution in [2.24, 2.45) is 0 Å². The lowest BCUT2D eigenvalue weighted by molar-refractivity contribution is 0.0532. The van der Waals surface area contributed by atoms with Gasteiger partial charge in [0.2, 0.25) is 10.0 Å². The second kappa shape index (κ2) is 5.94. The molecule has 0 spiro atoms. The highest BCUT2D eigenvalue weighted by Gasteiger charge is 2.32. The van der Waals surface area contributed by atoms with Crippen LogP contribution in [-0.2, 0) is 10.0 Å². The van der Waals surface area contributed by atoms with E-state index >= 15 is 0 Å². The number of benzene rings is 1. The van der Waals surface area contributed by atoms with E-state index in [1.54, 1.807) is 19.2 Å². The number of hydrogen-bond acceptors (Lipinski definition) is 4. The average molecular weight is 313 g/mol. The molecule has 2 rings (SSSR count). The molecule has 0 aromatic heterocycles. The van der Waals surface area contributed by atoms with E-state index in [1.807, 2.05) is 13.8 Å². The Kier molecular flexibility index (Phi) is 4.60. The van der Waals surface area contributed by atoms with E-state index in [-0.39, 0.29) is 11.4 Å². The van der Waals surface area contributed by atoms with Crippen LogP contribution in [0.15, 0.2) is 17.0 Å². The summed E-state index contributed by atoms with van der Waals surface area (Å²) in [6, 6.07) is 3.18. The Bertz CT molecular complexity index is 596. The molecule has 1 aliphatic carbocycles. The molecule has 0 radical (unpaired) electrons. The van der Waals surface area contributed by atoms with Crippen LogP contribution in [0, 0.1) is 13.8 Å². The van der Waals surface area contributed by atoms with Crippen molar-refractivity contribution in [3.8, 4) is 5.75 Å². The Morgan fingerprint density at radius 3 is 2.24 bits per heavy atom. The summed E-state index contributed by atoms with van der Waals surface area (Å²) in [6.45, 7) is 3.70. The topological polar surface area (TPSA) is 75.6 Å². The summed E-state index contributed by atoms with van der Waals surface area (Å²) in [5.41, 5.74) is 0.652. The first kappa shape index (κ1) is 16.3. The molecule has 2 N–H and O–H groups in total. The molecule has 0 bridgehead atoms. The van der Waals surface area contributed by atoms with Crippen LogP contribution in [0.5, 0.6) is 5.75 Å². The van der Waals surface area contributed by atoms with Gasteiger partial charge in [0.25, 0.3) is 0 Å². The van der Waals surface area contributed by atoms with E-state index in [0.717, 1.165) is 24.0 Å². The highest BCUT2D eigenvalue weighted by molar-refractivity contribution is 7.89. The first-order valence-electron chi connectivity index (χ1n) is 7.15. The Hall–Kier alpha value is -1.11. The lowest BCUT2D eigenvalue weighted by Crippen LogP contribution is -2.40. The fourth-order valence-electron chi connectivity index (χ4n) is 2.91. The van der Waals surface area contributed by atoms with E-state index < -0.39 is 15.6 Å². The molecule has 5 nitrogen and oxygen atoms in total. The van der Waals surface area contributed by atoms with Crippen molar-refractivity contribution in [1.82, 2.24) is 4.72 Å². The van der Waals surface area contributed by atoms with Gasteiger partial charge in [0.05, 0.1) is 17.6 Å². The van der Waals surface area contributed by atoms with Gasteiger partial charge in [0.1, 0.15) is 5.75 Å². The quantitative estimate of drug-likeness (QED) is 0.870. The average Bonchev–Trinajstić information content (AvgIpc) is 2.84. The van der Waals surface area contributed by atoms with Crippen LogP contribution in [0.1, 0.15) is 36.8 Å². The maximum Gasteiger partial charge on any atom is 0.240 e. The zero-order chi connectivity index (χ0) is 15.7. The molecule has 118 valence electrons. The molecule has 21 heavy (non-hydrogen) atoms. The van der Waals surface area contributed by atoms with Gasteiger partial charge >= 0.3 is 0 Å². The van der Waals surface area contributed by atoms with Crippen LogP contribution in [0.25, 0.3) is 0 Å². The predicted octanol–water partition coefficient (Wildman–Crippen LogP) is 1.90. The van der Waals surface area contributed by atoms with Gasteiger partial charge in [-0.1, -0.05) is 12.8 Å². The van der Waals surface area contributed by atoms with Crippen LogP contribution in [0.3, 0.4) is 0 Å². The molecule has 1 aromatic rings. The molecular weight excluding hydrogens is 290 g/mol. The Labute approximate surface area is 126 Å². The van der Waals surface area contributed by atoms with Gasteiger partial charge in [-0.05, 0) is 49.9 Å². The Balaban J connectivity index is 2.20. The number of methoxy groups -OCH3 is 1. The van der Waals surface area contributed by atoms with E-state index in [4.69, 9.17) is 4.74 Å². The number of rotatable bonds is 5. The van der Waals surface area contributed by atoms with Gasteiger partial charge in [-0.25, -0.2) is 13.1 Å². The highest BCUT2D eigenvalue weighted by Crippen LogP contribution is 2.30. The molecule has 0 aliphatic heterocycles. The summed E-state index contributed by atoms with van der Waals surface area (Å²) >= 11 is 0. The SMILES string of the molecule is COc1c(C)cc(S(=O)(=O)NCC2(O)CCCC2)cc1C.